The van der Waals surface area contributed by atoms with Gasteiger partial charge in [-0.2, -0.15) is 0 Å². The Labute approximate surface area is 145 Å². The molecule has 1 aromatic carbocycles. The van der Waals surface area contributed by atoms with Gasteiger partial charge in [-0.3, -0.25) is 4.90 Å². The summed E-state index contributed by atoms with van der Waals surface area (Å²) in [6, 6.07) is 10.4. The smallest absolute Gasteiger partial charge is 0.131 e. The van der Waals surface area contributed by atoms with Gasteiger partial charge in [0.25, 0.3) is 0 Å². The van der Waals surface area contributed by atoms with Crippen molar-refractivity contribution < 1.29 is 4.39 Å². The van der Waals surface area contributed by atoms with E-state index in [4.69, 9.17) is 23.2 Å². The lowest BCUT2D eigenvalue weighted by Crippen LogP contribution is -2.30. The van der Waals surface area contributed by atoms with Crippen LogP contribution in [0.15, 0.2) is 36.4 Å². The molecule has 6 heteroatoms. The van der Waals surface area contributed by atoms with Gasteiger partial charge < -0.3 is 4.90 Å². The molecular formula is C17H18Cl2FN3. The minimum Gasteiger partial charge on any atom is -0.370 e. The van der Waals surface area contributed by atoms with Gasteiger partial charge in [0.15, 0.2) is 0 Å². The Hall–Kier alpha value is -1.36. The SMILES string of the molecule is Fc1ccc(N2CCCN(Cc3cc(Cl)nc(Cl)c3)CC2)cc1. The van der Waals surface area contributed by atoms with Crippen molar-refractivity contribution in [2.24, 2.45) is 0 Å². The first-order chi connectivity index (χ1) is 11.1. The molecule has 3 rings (SSSR count). The Kier molecular flexibility index (Phi) is 5.36. The van der Waals surface area contributed by atoms with Gasteiger partial charge in [0.2, 0.25) is 0 Å². The van der Waals surface area contributed by atoms with Crippen LogP contribution in [0.4, 0.5) is 10.1 Å². The van der Waals surface area contributed by atoms with Gasteiger partial charge >= 0.3 is 0 Å². The molecule has 2 heterocycles. The minimum absolute atomic E-state index is 0.198. The summed E-state index contributed by atoms with van der Waals surface area (Å²) in [4.78, 5) is 8.66. The molecule has 0 radical (unpaired) electrons. The molecule has 1 aromatic heterocycles. The summed E-state index contributed by atoms with van der Waals surface area (Å²) in [5.74, 6) is -0.198. The van der Waals surface area contributed by atoms with Crippen LogP contribution in [-0.4, -0.2) is 36.1 Å². The number of aromatic nitrogens is 1. The second-order valence-electron chi connectivity index (χ2n) is 5.71. The molecule has 0 atom stereocenters. The molecule has 0 aliphatic carbocycles. The van der Waals surface area contributed by atoms with Gasteiger partial charge in [-0.05, 0) is 48.4 Å². The van der Waals surface area contributed by atoms with E-state index in [-0.39, 0.29) is 5.82 Å². The van der Waals surface area contributed by atoms with Gasteiger partial charge in [0.1, 0.15) is 16.1 Å². The number of anilines is 1. The number of hydrogen-bond donors (Lipinski definition) is 0. The van der Waals surface area contributed by atoms with Gasteiger partial charge in [0, 0.05) is 38.4 Å². The minimum atomic E-state index is -0.198. The van der Waals surface area contributed by atoms with Crippen molar-refractivity contribution in [3.63, 3.8) is 0 Å². The Balaban J connectivity index is 1.63. The maximum atomic E-state index is 13.1. The number of hydrogen-bond acceptors (Lipinski definition) is 3. The molecule has 23 heavy (non-hydrogen) atoms. The van der Waals surface area contributed by atoms with Gasteiger partial charge in [-0.25, -0.2) is 9.37 Å². The van der Waals surface area contributed by atoms with Crippen molar-refractivity contribution in [3.8, 4) is 0 Å². The fourth-order valence-corrected chi connectivity index (χ4v) is 3.41. The molecule has 2 aromatic rings. The highest BCUT2D eigenvalue weighted by Crippen LogP contribution is 2.20. The zero-order chi connectivity index (χ0) is 16.2. The number of benzene rings is 1. The Morgan fingerprint density at radius 3 is 2.35 bits per heavy atom. The lowest BCUT2D eigenvalue weighted by Gasteiger charge is -2.23. The van der Waals surface area contributed by atoms with Crippen LogP contribution in [0.25, 0.3) is 0 Å². The molecule has 0 bridgehead atoms. The maximum absolute atomic E-state index is 13.1. The molecule has 122 valence electrons. The number of nitrogens with zero attached hydrogens (tertiary/aromatic N) is 3. The third kappa shape index (κ3) is 4.56. The Morgan fingerprint density at radius 2 is 1.65 bits per heavy atom. The molecule has 3 nitrogen and oxygen atoms in total. The summed E-state index contributed by atoms with van der Waals surface area (Å²) in [6.07, 6.45) is 1.06. The predicted octanol–water partition coefficient (Wildman–Crippen LogP) is 4.24. The molecule has 0 N–H and O–H groups in total. The van der Waals surface area contributed by atoms with E-state index in [1.165, 1.54) is 12.1 Å². The van der Waals surface area contributed by atoms with Crippen LogP contribution in [-0.2, 0) is 6.54 Å². The Morgan fingerprint density at radius 1 is 0.957 bits per heavy atom. The molecular weight excluding hydrogens is 336 g/mol. The van der Waals surface area contributed by atoms with Crippen molar-refractivity contribution >= 4 is 28.9 Å². The standard InChI is InChI=1S/C17H18Cl2FN3/c18-16-10-13(11-17(19)21-16)12-22-6-1-7-23(9-8-22)15-4-2-14(20)3-5-15/h2-5,10-11H,1,6-9,12H2. The van der Waals surface area contributed by atoms with Crippen LogP contribution in [0.3, 0.4) is 0 Å². The number of rotatable bonds is 3. The first kappa shape index (κ1) is 16.5. The van der Waals surface area contributed by atoms with Crippen LogP contribution in [0.1, 0.15) is 12.0 Å². The van der Waals surface area contributed by atoms with Crippen molar-refractivity contribution in [2.45, 2.75) is 13.0 Å². The van der Waals surface area contributed by atoms with Crippen molar-refractivity contribution in [1.82, 2.24) is 9.88 Å². The lowest BCUT2D eigenvalue weighted by molar-refractivity contribution is 0.285. The molecule has 1 fully saturated rings. The van der Waals surface area contributed by atoms with E-state index in [9.17, 15) is 4.39 Å². The molecule has 1 aliphatic heterocycles. The zero-order valence-corrected chi connectivity index (χ0v) is 14.2. The van der Waals surface area contributed by atoms with Crippen LogP contribution in [0, 0.1) is 5.82 Å². The zero-order valence-electron chi connectivity index (χ0n) is 12.7. The monoisotopic (exact) mass is 353 g/mol. The first-order valence-corrected chi connectivity index (χ1v) is 8.40. The van der Waals surface area contributed by atoms with Gasteiger partial charge in [-0.15, -0.1) is 0 Å². The maximum Gasteiger partial charge on any atom is 0.131 e. The fraction of sp³-hybridized carbons (Fsp3) is 0.353. The molecule has 1 saturated heterocycles. The fourth-order valence-electron chi connectivity index (χ4n) is 2.90. The van der Waals surface area contributed by atoms with E-state index in [1.807, 2.05) is 24.3 Å². The number of pyridine rings is 1. The summed E-state index contributed by atoms with van der Waals surface area (Å²) in [6.45, 7) is 4.64. The molecule has 1 aliphatic rings. The van der Waals surface area contributed by atoms with E-state index < -0.39 is 0 Å². The van der Waals surface area contributed by atoms with Crippen LogP contribution < -0.4 is 4.90 Å². The van der Waals surface area contributed by atoms with E-state index in [0.29, 0.717) is 10.3 Å². The molecule has 0 spiro atoms. The highest BCUT2D eigenvalue weighted by molar-refractivity contribution is 6.32. The normalized spacial score (nSPS) is 16.4. The summed E-state index contributed by atoms with van der Waals surface area (Å²) < 4.78 is 13.1. The first-order valence-electron chi connectivity index (χ1n) is 7.65. The predicted molar refractivity (Wildman–Crippen MR) is 92.8 cm³/mol. The van der Waals surface area contributed by atoms with Gasteiger partial charge in [0.05, 0.1) is 0 Å². The van der Waals surface area contributed by atoms with Gasteiger partial charge in [-0.1, -0.05) is 23.2 Å². The van der Waals surface area contributed by atoms with Crippen LogP contribution in [0.5, 0.6) is 0 Å². The molecule has 0 unspecified atom stereocenters. The average molecular weight is 354 g/mol. The largest absolute Gasteiger partial charge is 0.370 e. The van der Waals surface area contributed by atoms with Crippen molar-refractivity contribution in [2.75, 3.05) is 31.1 Å². The van der Waals surface area contributed by atoms with E-state index in [2.05, 4.69) is 14.8 Å². The second kappa shape index (κ2) is 7.47. The van der Waals surface area contributed by atoms with E-state index in [0.717, 1.165) is 50.4 Å². The third-order valence-corrected chi connectivity index (χ3v) is 4.40. The van der Waals surface area contributed by atoms with Crippen LogP contribution >= 0.6 is 23.2 Å². The lowest BCUT2D eigenvalue weighted by atomic mass is 10.2. The summed E-state index contributed by atoms with van der Waals surface area (Å²) in [5, 5.41) is 0.852. The highest BCUT2D eigenvalue weighted by atomic mass is 35.5. The molecule has 0 saturated carbocycles. The molecule has 0 amide bonds. The van der Waals surface area contributed by atoms with Crippen molar-refractivity contribution in [3.05, 3.63) is 58.1 Å². The van der Waals surface area contributed by atoms with Crippen LogP contribution in [0.2, 0.25) is 10.3 Å². The van der Waals surface area contributed by atoms with E-state index >= 15 is 0 Å². The quantitative estimate of drug-likeness (QED) is 0.769. The van der Waals surface area contributed by atoms with E-state index in [1.54, 1.807) is 0 Å². The summed E-state index contributed by atoms with van der Waals surface area (Å²) in [7, 11) is 0. The average Bonchev–Trinajstić information content (AvgIpc) is 2.73. The topological polar surface area (TPSA) is 19.4 Å². The summed E-state index contributed by atoms with van der Waals surface area (Å²) >= 11 is 11.9. The third-order valence-electron chi connectivity index (χ3n) is 4.01. The highest BCUT2D eigenvalue weighted by Gasteiger charge is 2.16. The summed E-state index contributed by atoms with van der Waals surface area (Å²) in [5.41, 5.74) is 2.15. The number of halogens is 3. The second-order valence-corrected chi connectivity index (χ2v) is 6.49. The Bertz CT molecular complexity index is 643. The van der Waals surface area contributed by atoms with Crippen molar-refractivity contribution in [1.29, 1.82) is 0 Å².